The molecule has 1 unspecified atom stereocenters. The molecule has 2 saturated heterocycles. The van der Waals surface area contributed by atoms with Crippen LogP contribution >= 0.6 is 0 Å². The third-order valence-electron chi connectivity index (χ3n) is 5.23. The minimum absolute atomic E-state index is 0.500. The van der Waals surface area contributed by atoms with E-state index in [2.05, 4.69) is 27.4 Å². The van der Waals surface area contributed by atoms with Crippen LogP contribution < -0.4 is 10.6 Å². The van der Waals surface area contributed by atoms with Crippen LogP contribution in [-0.2, 0) is 10.0 Å². The summed E-state index contributed by atoms with van der Waals surface area (Å²) >= 11 is 0. The Morgan fingerprint density at radius 3 is 2.38 bits per heavy atom. The summed E-state index contributed by atoms with van der Waals surface area (Å²) in [5.41, 5.74) is 0. The van der Waals surface area contributed by atoms with Crippen LogP contribution in [-0.4, -0.2) is 82.2 Å². The van der Waals surface area contributed by atoms with Crippen molar-refractivity contribution in [2.75, 3.05) is 52.6 Å². The molecular weight excluding hydrogens is 326 g/mol. The third-order valence-corrected chi connectivity index (χ3v) is 6.54. The van der Waals surface area contributed by atoms with Gasteiger partial charge in [0.05, 0.1) is 6.26 Å². The maximum atomic E-state index is 11.5. The van der Waals surface area contributed by atoms with Crippen molar-refractivity contribution in [2.24, 2.45) is 10.9 Å². The van der Waals surface area contributed by atoms with Crippen molar-refractivity contribution in [2.45, 2.75) is 38.6 Å². The number of hydrogen-bond donors (Lipinski definition) is 2. The highest BCUT2D eigenvalue weighted by atomic mass is 32.2. The van der Waals surface area contributed by atoms with Gasteiger partial charge >= 0.3 is 0 Å². The van der Waals surface area contributed by atoms with E-state index in [-0.39, 0.29) is 0 Å². The molecular formula is C16H33N5O2S. The molecule has 0 spiro atoms. The van der Waals surface area contributed by atoms with Crippen molar-refractivity contribution in [1.82, 2.24) is 19.8 Å². The quantitative estimate of drug-likeness (QED) is 0.527. The van der Waals surface area contributed by atoms with Crippen LogP contribution in [0.4, 0.5) is 0 Å². The van der Waals surface area contributed by atoms with Gasteiger partial charge in [-0.3, -0.25) is 9.89 Å². The fraction of sp³-hybridized carbons (Fsp3) is 0.938. The normalized spacial score (nSPS) is 25.1. The van der Waals surface area contributed by atoms with Crippen LogP contribution in [0.2, 0.25) is 0 Å². The molecule has 0 amide bonds. The van der Waals surface area contributed by atoms with Gasteiger partial charge in [-0.1, -0.05) is 6.92 Å². The van der Waals surface area contributed by atoms with E-state index in [1.54, 1.807) is 11.4 Å². The van der Waals surface area contributed by atoms with Gasteiger partial charge in [-0.05, 0) is 44.7 Å². The van der Waals surface area contributed by atoms with Crippen molar-refractivity contribution in [3.8, 4) is 0 Å². The Morgan fingerprint density at radius 1 is 1.12 bits per heavy atom. The third kappa shape index (κ3) is 5.60. The average molecular weight is 360 g/mol. The highest BCUT2D eigenvalue weighted by molar-refractivity contribution is 7.88. The van der Waals surface area contributed by atoms with Crippen LogP contribution in [0.25, 0.3) is 0 Å². The molecule has 2 heterocycles. The zero-order chi connectivity index (χ0) is 17.6. The van der Waals surface area contributed by atoms with E-state index in [0.29, 0.717) is 25.0 Å². The average Bonchev–Trinajstić information content (AvgIpc) is 3.02. The number of sulfonamides is 1. The van der Waals surface area contributed by atoms with E-state index in [4.69, 9.17) is 0 Å². The van der Waals surface area contributed by atoms with Gasteiger partial charge in [0.2, 0.25) is 10.0 Å². The predicted octanol–water partition coefficient (Wildman–Crippen LogP) is 0.307. The number of rotatable bonds is 6. The second-order valence-corrected chi connectivity index (χ2v) is 8.85. The molecule has 0 aromatic carbocycles. The molecule has 2 rings (SSSR count). The Balaban J connectivity index is 1.69. The maximum Gasteiger partial charge on any atom is 0.211 e. The minimum Gasteiger partial charge on any atom is -0.356 e. The molecule has 0 radical (unpaired) electrons. The van der Waals surface area contributed by atoms with Crippen molar-refractivity contribution >= 4 is 16.0 Å². The van der Waals surface area contributed by atoms with E-state index < -0.39 is 10.0 Å². The van der Waals surface area contributed by atoms with Crippen molar-refractivity contribution in [3.63, 3.8) is 0 Å². The molecule has 0 aromatic rings. The summed E-state index contributed by atoms with van der Waals surface area (Å²) < 4.78 is 24.7. The number of nitrogens with one attached hydrogen (secondary N) is 2. The molecule has 2 aliphatic rings. The number of likely N-dealkylation sites (N-methyl/N-ethyl adjacent to an activating group) is 1. The summed E-state index contributed by atoms with van der Waals surface area (Å²) in [6, 6.07) is 0.603. The number of likely N-dealkylation sites (tertiary alicyclic amines) is 1. The first-order valence-electron chi connectivity index (χ1n) is 9.07. The summed E-state index contributed by atoms with van der Waals surface area (Å²) in [5.74, 6) is 1.35. The first-order chi connectivity index (χ1) is 11.4. The fourth-order valence-corrected chi connectivity index (χ4v) is 4.54. The number of piperidine rings is 1. The highest BCUT2D eigenvalue weighted by Gasteiger charge is 2.25. The monoisotopic (exact) mass is 359 g/mol. The molecule has 7 nitrogen and oxygen atoms in total. The van der Waals surface area contributed by atoms with Gasteiger partial charge in [-0.15, -0.1) is 0 Å². The standard InChI is InChI=1S/C16H33N5O2S/c1-4-20-9-5-6-15(20)13-19-16(17-2)18-12-14-7-10-21(11-8-14)24(3,22)23/h14-15H,4-13H2,1-3H3,(H2,17,18,19). The summed E-state index contributed by atoms with van der Waals surface area (Å²) in [4.78, 5) is 6.82. The summed E-state index contributed by atoms with van der Waals surface area (Å²) in [7, 11) is -1.24. The molecule has 0 saturated carbocycles. The molecule has 0 bridgehead atoms. The first kappa shape index (κ1) is 19.5. The van der Waals surface area contributed by atoms with E-state index in [0.717, 1.165) is 38.4 Å². The second-order valence-electron chi connectivity index (χ2n) is 6.86. The minimum atomic E-state index is -3.04. The molecule has 140 valence electrons. The van der Waals surface area contributed by atoms with Gasteiger partial charge < -0.3 is 10.6 Å². The van der Waals surface area contributed by atoms with E-state index >= 15 is 0 Å². The van der Waals surface area contributed by atoms with Crippen LogP contribution in [0.1, 0.15) is 32.6 Å². The van der Waals surface area contributed by atoms with Gasteiger partial charge in [-0.25, -0.2) is 12.7 Å². The number of aliphatic imine (C=N–C) groups is 1. The molecule has 8 heteroatoms. The number of nitrogens with zero attached hydrogens (tertiary/aromatic N) is 3. The zero-order valence-electron chi connectivity index (χ0n) is 15.3. The Bertz CT molecular complexity index is 515. The molecule has 0 aliphatic carbocycles. The predicted molar refractivity (Wildman–Crippen MR) is 98.8 cm³/mol. The van der Waals surface area contributed by atoms with Gasteiger partial charge in [0.1, 0.15) is 0 Å². The maximum absolute atomic E-state index is 11.5. The van der Waals surface area contributed by atoms with Crippen molar-refractivity contribution in [1.29, 1.82) is 0 Å². The van der Waals surface area contributed by atoms with Crippen LogP contribution in [0.3, 0.4) is 0 Å². The van der Waals surface area contributed by atoms with Gasteiger partial charge in [0, 0.05) is 39.3 Å². The lowest BCUT2D eigenvalue weighted by Gasteiger charge is -2.30. The van der Waals surface area contributed by atoms with Crippen molar-refractivity contribution in [3.05, 3.63) is 0 Å². The van der Waals surface area contributed by atoms with Gasteiger partial charge in [-0.2, -0.15) is 0 Å². The molecule has 2 fully saturated rings. The van der Waals surface area contributed by atoms with E-state index in [9.17, 15) is 8.42 Å². The van der Waals surface area contributed by atoms with E-state index in [1.807, 2.05) is 0 Å². The highest BCUT2D eigenvalue weighted by Crippen LogP contribution is 2.18. The lowest BCUT2D eigenvalue weighted by atomic mass is 9.98. The van der Waals surface area contributed by atoms with E-state index in [1.165, 1.54) is 25.6 Å². The largest absolute Gasteiger partial charge is 0.356 e. The molecule has 1 atom stereocenters. The summed E-state index contributed by atoms with van der Waals surface area (Å²) in [5, 5.41) is 6.84. The Hall–Kier alpha value is -0.860. The molecule has 2 N–H and O–H groups in total. The molecule has 24 heavy (non-hydrogen) atoms. The first-order valence-corrected chi connectivity index (χ1v) is 10.9. The number of guanidine groups is 1. The zero-order valence-corrected chi connectivity index (χ0v) is 16.1. The van der Waals surface area contributed by atoms with Crippen molar-refractivity contribution < 1.29 is 8.42 Å². The second kappa shape index (κ2) is 9.01. The SMILES string of the molecule is CCN1CCCC1CNC(=NC)NCC1CCN(S(C)(=O)=O)CC1. The Kier molecular flexibility index (Phi) is 7.31. The van der Waals surface area contributed by atoms with Crippen LogP contribution in [0, 0.1) is 5.92 Å². The lowest BCUT2D eigenvalue weighted by Crippen LogP contribution is -2.47. The van der Waals surface area contributed by atoms with Gasteiger partial charge in [0.25, 0.3) is 0 Å². The molecule has 2 aliphatic heterocycles. The van der Waals surface area contributed by atoms with Crippen LogP contribution in [0.15, 0.2) is 4.99 Å². The summed E-state index contributed by atoms with van der Waals surface area (Å²) in [6.45, 7) is 7.56. The molecule has 0 aromatic heterocycles. The smallest absolute Gasteiger partial charge is 0.211 e. The fourth-order valence-electron chi connectivity index (χ4n) is 3.66. The lowest BCUT2D eigenvalue weighted by molar-refractivity contribution is 0.265. The number of hydrogen-bond acceptors (Lipinski definition) is 4. The Labute approximate surface area is 146 Å². The van der Waals surface area contributed by atoms with Gasteiger partial charge in [0.15, 0.2) is 5.96 Å². The van der Waals surface area contributed by atoms with Crippen LogP contribution in [0.5, 0.6) is 0 Å². The summed E-state index contributed by atoms with van der Waals surface area (Å²) in [6.07, 6.45) is 5.64. The Morgan fingerprint density at radius 2 is 1.79 bits per heavy atom. The topological polar surface area (TPSA) is 77.0 Å².